The lowest BCUT2D eigenvalue weighted by molar-refractivity contribution is 0.0304. The van der Waals surface area contributed by atoms with E-state index in [9.17, 15) is 13.6 Å². The Labute approximate surface area is 183 Å². The topological polar surface area (TPSA) is 26.8 Å². The standard InChI is InChI=1S/C25H31F2N3O/c1-28-14-10-20(11-15-28)30(25(31)24-22(26)8-5-9-23(24)27)21-12-16-29(17-13-21)18-19-6-3-2-4-7-19/h2-9,20-21H,10-18H2,1H3. The van der Waals surface area contributed by atoms with Gasteiger partial charge in [-0.1, -0.05) is 36.4 Å². The number of likely N-dealkylation sites (tertiary alicyclic amines) is 2. The second-order valence-corrected chi connectivity index (χ2v) is 8.84. The Bertz CT molecular complexity index is 855. The van der Waals surface area contributed by atoms with E-state index in [1.165, 1.54) is 23.8 Å². The second-order valence-electron chi connectivity index (χ2n) is 8.84. The highest BCUT2D eigenvalue weighted by atomic mass is 19.1. The number of rotatable bonds is 5. The van der Waals surface area contributed by atoms with Crippen molar-refractivity contribution in [2.45, 2.75) is 44.3 Å². The Balaban J connectivity index is 1.50. The Hall–Kier alpha value is -2.31. The molecule has 0 radical (unpaired) electrons. The van der Waals surface area contributed by atoms with Crippen LogP contribution < -0.4 is 0 Å². The number of carbonyl (C=O) groups is 1. The normalized spacial score (nSPS) is 19.5. The first kappa shape index (κ1) is 21.9. The maximum atomic E-state index is 14.5. The average Bonchev–Trinajstić information content (AvgIpc) is 2.77. The molecule has 2 aromatic carbocycles. The fourth-order valence-corrected chi connectivity index (χ4v) is 4.93. The fraction of sp³-hybridized carbons (Fsp3) is 0.480. The predicted octanol–water partition coefficient (Wildman–Crippen LogP) is 4.17. The molecule has 0 atom stereocenters. The van der Waals surface area contributed by atoms with Gasteiger partial charge in [-0.25, -0.2) is 8.78 Å². The third-order valence-corrected chi connectivity index (χ3v) is 6.69. The molecule has 1 amide bonds. The molecule has 4 nitrogen and oxygen atoms in total. The maximum absolute atomic E-state index is 14.5. The Morgan fingerprint density at radius 3 is 2.00 bits per heavy atom. The molecule has 0 N–H and O–H groups in total. The summed E-state index contributed by atoms with van der Waals surface area (Å²) < 4.78 is 28.9. The highest BCUT2D eigenvalue weighted by molar-refractivity contribution is 5.95. The first-order valence-electron chi connectivity index (χ1n) is 11.2. The van der Waals surface area contributed by atoms with Gasteiger partial charge in [-0.2, -0.15) is 0 Å². The van der Waals surface area contributed by atoms with Gasteiger partial charge in [0.25, 0.3) is 5.91 Å². The van der Waals surface area contributed by atoms with Crippen LogP contribution in [0.4, 0.5) is 8.78 Å². The zero-order chi connectivity index (χ0) is 21.8. The zero-order valence-electron chi connectivity index (χ0n) is 18.1. The summed E-state index contributed by atoms with van der Waals surface area (Å²) in [6, 6.07) is 14.0. The molecular formula is C25H31F2N3O. The molecule has 2 saturated heterocycles. The van der Waals surface area contributed by atoms with Crippen LogP contribution in [0, 0.1) is 11.6 Å². The molecule has 0 aliphatic carbocycles. The van der Waals surface area contributed by atoms with Crippen molar-refractivity contribution in [3.05, 3.63) is 71.3 Å². The van der Waals surface area contributed by atoms with Crippen molar-refractivity contribution in [2.24, 2.45) is 0 Å². The smallest absolute Gasteiger partial charge is 0.260 e. The van der Waals surface area contributed by atoms with Crippen LogP contribution in [0.2, 0.25) is 0 Å². The lowest BCUT2D eigenvalue weighted by atomic mass is 9.95. The van der Waals surface area contributed by atoms with Crippen LogP contribution in [0.5, 0.6) is 0 Å². The van der Waals surface area contributed by atoms with Crippen molar-refractivity contribution in [3.8, 4) is 0 Å². The van der Waals surface area contributed by atoms with Crippen LogP contribution in [0.15, 0.2) is 48.5 Å². The SMILES string of the molecule is CN1CCC(N(C(=O)c2c(F)cccc2F)C2CCN(Cc3ccccc3)CC2)CC1. The highest BCUT2D eigenvalue weighted by Gasteiger charge is 2.36. The molecule has 0 saturated carbocycles. The van der Waals surface area contributed by atoms with Gasteiger partial charge < -0.3 is 9.80 Å². The minimum absolute atomic E-state index is 0.00642. The first-order valence-corrected chi connectivity index (χ1v) is 11.2. The number of hydrogen-bond donors (Lipinski definition) is 0. The lowest BCUT2D eigenvalue weighted by Gasteiger charge is -2.45. The first-order chi connectivity index (χ1) is 15.0. The number of carbonyl (C=O) groups excluding carboxylic acids is 1. The van der Waals surface area contributed by atoms with E-state index in [0.717, 1.165) is 58.4 Å². The van der Waals surface area contributed by atoms with Crippen molar-refractivity contribution in [2.75, 3.05) is 33.2 Å². The van der Waals surface area contributed by atoms with Gasteiger partial charge in [-0.15, -0.1) is 0 Å². The van der Waals surface area contributed by atoms with E-state index in [-0.39, 0.29) is 12.1 Å². The Kier molecular flexibility index (Phi) is 6.98. The van der Waals surface area contributed by atoms with Crippen molar-refractivity contribution in [3.63, 3.8) is 0 Å². The molecule has 2 aromatic rings. The Morgan fingerprint density at radius 2 is 1.42 bits per heavy atom. The zero-order valence-corrected chi connectivity index (χ0v) is 18.1. The molecule has 31 heavy (non-hydrogen) atoms. The molecule has 2 aliphatic heterocycles. The minimum Gasteiger partial charge on any atom is -0.332 e. The van der Waals surface area contributed by atoms with Crippen LogP contribution in [-0.2, 0) is 6.54 Å². The molecule has 0 bridgehead atoms. The molecule has 0 aromatic heterocycles. The minimum atomic E-state index is -0.774. The highest BCUT2D eigenvalue weighted by Crippen LogP contribution is 2.28. The van der Waals surface area contributed by atoms with Gasteiger partial charge in [0.15, 0.2) is 0 Å². The van der Waals surface area contributed by atoms with Crippen molar-refractivity contribution < 1.29 is 13.6 Å². The summed E-state index contributed by atoms with van der Waals surface area (Å²) >= 11 is 0. The summed E-state index contributed by atoms with van der Waals surface area (Å²) in [5.74, 6) is -2.04. The quantitative estimate of drug-likeness (QED) is 0.717. The van der Waals surface area contributed by atoms with Crippen LogP contribution in [-0.4, -0.2) is 65.9 Å². The molecular weight excluding hydrogens is 396 g/mol. The number of nitrogens with zero attached hydrogens (tertiary/aromatic N) is 3. The molecule has 2 heterocycles. The van der Waals surface area contributed by atoms with Crippen LogP contribution >= 0.6 is 0 Å². The number of hydrogen-bond acceptors (Lipinski definition) is 3. The average molecular weight is 428 g/mol. The molecule has 6 heteroatoms. The van der Waals surface area contributed by atoms with Crippen LogP contribution in [0.3, 0.4) is 0 Å². The number of halogens is 2. The summed E-state index contributed by atoms with van der Waals surface area (Å²) in [6.07, 6.45) is 3.31. The van der Waals surface area contributed by atoms with E-state index >= 15 is 0 Å². The monoisotopic (exact) mass is 427 g/mol. The third kappa shape index (κ3) is 5.13. The van der Waals surface area contributed by atoms with Gasteiger partial charge in [0.05, 0.1) is 0 Å². The van der Waals surface area contributed by atoms with Crippen molar-refractivity contribution in [1.82, 2.24) is 14.7 Å². The van der Waals surface area contributed by atoms with Gasteiger partial charge in [-0.3, -0.25) is 9.69 Å². The molecule has 4 rings (SSSR count). The fourth-order valence-electron chi connectivity index (χ4n) is 4.93. The van der Waals surface area contributed by atoms with Crippen molar-refractivity contribution in [1.29, 1.82) is 0 Å². The van der Waals surface area contributed by atoms with E-state index in [1.54, 1.807) is 0 Å². The largest absolute Gasteiger partial charge is 0.332 e. The Morgan fingerprint density at radius 1 is 0.871 bits per heavy atom. The molecule has 2 fully saturated rings. The number of amides is 1. The molecule has 0 spiro atoms. The van der Waals surface area contributed by atoms with E-state index in [4.69, 9.17) is 0 Å². The van der Waals surface area contributed by atoms with Gasteiger partial charge in [0.2, 0.25) is 0 Å². The van der Waals surface area contributed by atoms with Crippen LogP contribution in [0.1, 0.15) is 41.6 Å². The van der Waals surface area contributed by atoms with E-state index < -0.39 is 23.1 Å². The van der Waals surface area contributed by atoms with E-state index in [2.05, 4.69) is 29.0 Å². The lowest BCUT2D eigenvalue weighted by Crippen LogP contribution is -2.54. The van der Waals surface area contributed by atoms with Gasteiger partial charge in [0.1, 0.15) is 17.2 Å². The maximum Gasteiger partial charge on any atom is 0.260 e. The number of piperidine rings is 2. The second kappa shape index (κ2) is 9.88. The summed E-state index contributed by atoms with van der Waals surface area (Å²) in [5, 5.41) is 0. The molecule has 166 valence electrons. The summed E-state index contributed by atoms with van der Waals surface area (Å²) in [6.45, 7) is 4.41. The van der Waals surface area contributed by atoms with Gasteiger partial charge in [0, 0.05) is 31.7 Å². The van der Waals surface area contributed by atoms with Gasteiger partial charge in [-0.05, 0) is 63.5 Å². The van der Waals surface area contributed by atoms with Crippen molar-refractivity contribution >= 4 is 5.91 Å². The summed E-state index contributed by atoms with van der Waals surface area (Å²) in [5.41, 5.74) is 0.866. The number of benzene rings is 2. The van der Waals surface area contributed by atoms with Crippen LogP contribution in [0.25, 0.3) is 0 Å². The van der Waals surface area contributed by atoms with E-state index in [1.807, 2.05) is 23.1 Å². The molecule has 0 unspecified atom stereocenters. The third-order valence-electron chi connectivity index (χ3n) is 6.69. The predicted molar refractivity (Wildman–Crippen MR) is 118 cm³/mol. The molecule has 2 aliphatic rings. The summed E-state index contributed by atoms with van der Waals surface area (Å²) in [4.78, 5) is 19.9. The summed E-state index contributed by atoms with van der Waals surface area (Å²) in [7, 11) is 2.07. The van der Waals surface area contributed by atoms with E-state index in [0.29, 0.717) is 0 Å². The van der Waals surface area contributed by atoms with Gasteiger partial charge >= 0.3 is 0 Å².